The Balaban J connectivity index is 1.40. The zero-order valence-electron chi connectivity index (χ0n) is 19.6. The number of hydrogen-bond donors (Lipinski definition) is 0. The summed E-state index contributed by atoms with van der Waals surface area (Å²) in [6.45, 7) is 3.97. The molecule has 4 atom stereocenters. The average molecular weight is 483 g/mol. The molecule has 2 aliphatic rings. The van der Waals surface area contributed by atoms with Crippen molar-refractivity contribution >= 4 is 5.97 Å². The molecule has 1 saturated carbocycles. The number of halogens is 3. The first-order chi connectivity index (χ1) is 16.2. The lowest BCUT2D eigenvalue weighted by molar-refractivity contribution is -0.336. The van der Waals surface area contributed by atoms with E-state index in [1.807, 2.05) is 19.9 Å². The second kappa shape index (κ2) is 12.4. The highest BCUT2D eigenvalue weighted by molar-refractivity contribution is 5.69. The molecule has 2 fully saturated rings. The van der Waals surface area contributed by atoms with Crippen LogP contribution in [0.1, 0.15) is 57.9 Å². The maximum absolute atomic E-state index is 12.8. The normalized spacial score (nSPS) is 24.5. The lowest BCUT2D eigenvalue weighted by atomic mass is 9.89. The van der Waals surface area contributed by atoms with Gasteiger partial charge in [0, 0.05) is 24.7 Å². The topological polar surface area (TPSA) is 54.0 Å². The molecule has 188 valence electrons. The Morgan fingerprint density at radius 1 is 1.15 bits per heavy atom. The highest BCUT2D eigenvalue weighted by Gasteiger charge is 2.49. The number of unbranched alkanes of at least 4 members (excludes halogenated alkanes) is 1. The van der Waals surface area contributed by atoms with Crippen molar-refractivity contribution in [1.82, 2.24) is 0 Å². The highest BCUT2D eigenvalue weighted by atomic mass is 19.4. The molecule has 34 heavy (non-hydrogen) atoms. The molecule has 0 spiro atoms. The van der Waals surface area contributed by atoms with Crippen LogP contribution in [0.15, 0.2) is 48.6 Å². The zero-order valence-corrected chi connectivity index (χ0v) is 19.6. The predicted octanol–water partition coefficient (Wildman–Crippen LogP) is 6.43. The summed E-state index contributed by atoms with van der Waals surface area (Å²) in [4.78, 5) is 22.4. The van der Waals surface area contributed by atoms with E-state index in [9.17, 15) is 18.0 Å². The van der Waals surface area contributed by atoms with Gasteiger partial charge in [-0.25, -0.2) is 9.78 Å². The van der Waals surface area contributed by atoms with E-state index in [4.69, 9.17) is 19.2 Å². The Bertz CT molecular complexity index is 849. The van der Waals surface area contributed by atoms with Crippen LogP contribution in [0, 0.1) is 11.8 Å². The van der Waals surface area contributed by atoms with Crippen molar-refractivity contribution in [3.8, 4) is 5.75 Å². The third-order valence-corrected chi connectivity index (χ3v) is 5.94. The third-order valence-electron chi connectivity index (χ3n) is 5.94. The van der Waals surface area contributed by atoms with Crippen molar-refractivity contribution in [2.24, 2.45) is 11.8 Å². The van der Waals surface area contributed by atoms with E-state index in [0.717, 1.165) is 37.8 Å². The number of carbonyl (C=O) groups excluding carboxylic acids is 1. The summed E-state index contributed by atoms with van der Waals surface area (Å²) in [5.41, 5.74) is -0.717. The van der Waals surface area contributed by atoms with Gasteiger partial charge in [0.15, 0.2) is 0 Å². The van der Waals surface area contributed by atoms with Gasteiger partial charge in [-0.1, -0.05) is 30.4 Å². The summed E-state index contributed by atoms with van der Waals surface area (Å²) < 4.78 is 49.0. The number of fused-ring (bicyclic) bond motifs is 2. The van der Waals surface area contributed by atoms with Crippen LogP contribution in [-0.2, 0) is 25.5 Å². The van der Waals surface area contributed by atoms with E-state index in [1.165, 1.54) is 12.1 Å². The zero-order chi connectivity index (χ0) is 24.6. The lowest BCUT2D eigenvalue weighted by Crippen LogP contribution is -2.28. The molecule has 8 heteroatoms. The van der Waals surface area contributed by atoms with E-state index in [1.54, 1.807) is 0 Å². The summed E-state index contributed by atoms with van der Waals surface area (Å²) in [6.07, 6.45) is 8.26. The van der Waals surface area contributed by atoms with Crippen LogP contribution in [-0.4, -0.2) is 30.9 Å². The largest absolute Gasteiger partial charge is 0.493 e. The number of allylic oxidation sites excluding steroid dienone is 2. The van der Waals surface area contributed by atoms with Crippen LogP contribution in [0.25, 0.3) is 0 Å². The smallest absolute Gasteiger partial charge is 0.416 e. The van der Waals surface area contributed by atoms with E-state index in [-0.39, 0.29) is 35.9 Å². The lowest BCUT2D eigenvalue weighted by Gasteiger charge is -2.27. The van der Waals surface area contributed by atoms with Crippen molar-refractivity contribution in [1.29, 1.82) is 0 Å². The number of alkyl halides is 3. The SMILES string of the molecule is CC(C)OC(=O)CCC/C=C\C[C@@H]1C(/C=C/CCOc2cccc(C(F)(F)F)c2)[C@H]2C[C@@H]1OO2. The summed E-state index contributed by atoms with van der Waals surface area (Å²) in [6, 6.07) is 4.91. The van der Waals surface area contributed by atoms with Gasteiger partial charge in [0.1, 0.15) is 11.9 Å². The van der Waals surface area contributed by atoms with Gasteiger partial charge in [0.25, 0.3) is 0 Å². The van der Waals surface area contributed by atoms with Crippen molar-refractivity contribution in [2.45, 2.75) is 76.9 Å². The molecule has 1 unspecified atom stereocenters. The van der Waals surface area contributed by atoms with Gasteiger partial charge in [-0.15, -0.1) is 0 Å². The Morgan fingerprint density at radius 2 is 1.94 bits per heavy atom. The highest BCUT2D eigenvalue weighted by Crippen LogP contribution is 2.44. The Hall–Kier alpha value is -2.32. The number of esters is 1. The number of hydrogen-bond acceptors (Lipinski definition) is 5. The van der Waals surface area contributed by atoms with Crippen molar-refractivity contribution in [2.75, 3.05) is 6.61 Å². The predicted molar refractivity (Wildman–Crippen MR) is 121 cm³/mol. The van der Waals surface area contributed by atoms with Crippen LogP contribution < -0.4 is 4.74 Å². The van der Waals surface area contributed by atoms with Crippen LogP contribution in [0.4, 0.5) is 13.2 Å². The van der Waals surface area contributed by atoms with E-state index < -0.39 is 11.7 Å². The molecule has 1 aromatic rings. The minimum atomic E-state index is -4.38. The number of ether oxygens (including phenoxy) is 2. The fourth-order valence-corrected chi connectivity index (χ4v) is 4.33. The summed E-state index contributed by atoms with van der Waals surface area (Å²) in [7, 11) is 0. The quantitative estimate of drug-likeness (QED) is 0.149. The van der Waals surface area contributed by atoms with E-state index >= 15 is 0 Å². The number of benzene rings is 1. The molecule has 1 aromatic carbocycles. The van der Waals surface area contributed by atoms with Crippen molar-refractivity contribution in [3.05, 3.63) is 54.1 Å². The maximum Gasteiger partial charge on any atom is 0.416 e. The van der Waals surface area contributed by atoms with Gasteiger partial charge in [-0.2, -0.15) is 13.2 Å². The molecule has 1 aliphatic carbocycles. The molecule has 0 N–H and O–H groups in total. The van der Waals surface area contributed by atoms with Gasteiger partial charge in [-0.05, 0) is 57.7 Å². The van der Waals surface area contributed by atoms with Gasteiger partial charge in [-0.3, -0.25) is 4.79 Å². The summed E-state index contributed by atoms with van der Waals surface area (Å²) in [5.74, 6) is 0.573. The van der Waals surface area contributed by atoms with Crippen LogP contribution >= 0.6 is 0 Å². The second-order valence-electron chi connectivity index (χ2n) is 8.98. The number of rotatable bonds is 12. The van der Waals surface area contributed by atoms with E-state index in [0.29, 0.717) is 25.4 Å². The Labute approximate surface area is 198 Å². The fourth-order valence-electron chi connectivity index (χ4n) is 4.33. The van der Waals surface area contributed by atoms with Gasteiger partial charge < -0.3 is 9.47 Å². The van der Waals surface area contributed by atoms with Gasteiger partial charge in [0.2, 0.25) is 0 Å². The summed E-state index contributed by atoms with van der Waals surface area (Å²) in [5, 5.41) is 0. The second-order valence-corrected chi connectivity index (χ2v) is 8.98. The van der Waals surface area contributed by atoms with E-state index in [2.05, 4.69) is 18.2 Å². The fraction of sp³-hybridized carbons (Fsp3) is 0.577. The first kappa shape index (κ1) is 26.3. The van der Waals surface area contributed by atoms with Crippen LogP contribution in [0.2, 0.25) is 0 Å². The molecule has 1 aliphatic heterocycles. The average Bonchev–Trinajstić information content (AvgIpc) is 3.37. The first-order valence-electron chi connectivity index (χ1n) is 11.9. The molecule has 0 radical (unpaired) electrons. The molecule has 5 nitrogen and oxygen atoms in total. The minimum absolute atomic E-state index is 0.0230. The van der Waals surface area contributed by atoms with Gasteiger partial charge >= 0.3 is 12.1 Å². The monoisotopic (exact) mass is 482 g/mol. The molecular weight excluding hydrogens is 449 g/mol. The molecule has 2 bridgehead atoms. The number of carbonyl (C=O) groups is 1. The first-order valence-corrected chi connectivity index (χ1v) is 11.9. The Kier molecular flexibility index (Phi) is 9.59. The molecular formula is C26H33F3O5. The van der Waals surface area contributed by atoms with Crippen molar-refractivity contribution < 1.29 is 37.2 Å². The van der Waals surface area contributed by atoms with Gasteiger partial charge in [0.05, 0.1) is 24.4 Å². The Morgan fingerprint density at radius 3 is 2.71 bits per heavy atom. The molecule has 0 aromatic heterocycles. The molecule has 3 rings (SSSR count). The minimum Gasteiger partial charge on any atom is -0.493 e. The maximum atomic E-state index is 12.8. The molecule has 0 amide bonds. The third kappa shape index (κ3) is 7.87. The van der Waals surface area contributed by atoms with Crippen LogP contribution in [0.3, 0.4) is 0 Å². The molecule has 1 saturated heterocycles. The summed E-state index contributed by atoms with van der Waals surface area (Å²) >= 11 is 0. The van der Waals surface area contributed by atoms with Crippen LogP contribution in [0.5, 0.6) is 5.75 Å². The molecule has 1 heterocycles. The standard InChI is InChI=1S/C26H33F3O5/c1-18(2)32-25(30)14-6-4-3-5-12-21-22(24-17-23(21)33-34-24)13-7-8-15-31-20-11-9-10-19(16-20)26(27,28)29/h3,5,7,9-11,13,16,18,21-24H,4,6,8,12,14-15,17H2,1-2H3/b5-3-,13-7+/t21-,22?,23+,24-/m1/s1. The van der Waals surface area contributed by atoms with Crippen molar-refractivity contribution in [3.63, 3.8) is 0 Å².